The van der Waals surface area contributed by atoms with Crippen molar-refractivity contribution < 1.29 is 19.5 Å². The molecule has 6 nitrogen and oxygen atoms in total. The number of amides is 2. The van der Waals surface area contributed by atoms with Gasteiger partial charge in [-0.15, -0.1) is 6.42 Å². The van der Waals surface area contributed by atoms with E-state index >= 15 is 0 Å². The van der Waals surface area contributed by atoms with Crippen LogP contribution in [0.15, 0.2) is 0 Å². The SMILES string of the molecule is C#CCN(CC(=O)O)C(=O)[C@@H]1CCC(=O)N1. The molecule has 0 saturated carbocycles. The number of carboxylic acids is 1. The third-order valence-corrected chi connectivity index (χ3v) is 2.21. The van der Waals surface area contributed by atoms with Gasteiger partial charge in [0.05, 0.1) is 6.54 Å². The molecule has 0 spiro atoms. The zero-order chi connectivity index (χ0) is 12.1. The van der Waals surface area contributed by atoms with Gasteiger partial charge < -0.3 is 15.3 Å². The topological polar surface area (TPSA) is 86.7 Å². The van der Waals surface area contributed by atoms with Crippen molar-refractivity contribution in [3.05, 3.63) is 0 Å². The Morgan fingerprint density at radius 3 is 2.75 bits per heavy atom. The molecule has 2 amide bonds. The maximum Gasteiger partial charge on any atom is 0.323 e. The van der Waals surface area contributed by atoms with Gasteiger partial charge in [-0.25, -0.2) is 0 Å². The van der Waals surface area contributed by atoms with Gasteiger partial charge in [0, 0.05) is 6.42 Å². The van der Waals surface area contributed by atoms with Crippen LogP contribution in [0.4, 0.5) is 0 Å². The normalized spacial score (nSPS) is 18.7. The first-order chi connectivity index (χ1) is 7.54. The molecule has 86 valence electrons. The molecule has 0 unspecified atom stereocenters. The van der Waals surface area contributed by atoms with Crippen LogP contribution in [0, 0.1) is 12.3 Å². The summed E-state index contributed by atoms with van der Waals surface area (Å²) < 4.78 is 0. The van der Waals surface area contributed by atoms with Crippen LogP contribution < -0.4 is 5.32 Å². The van der Waals surface area contributed by atoms with Crippen LogP contribution in [-0.2, 0) is 14.4 Å². The molecule has 1 saturated heterocycles. The number of hydrogen-bond acceptors (Lipinski definition) is 3. The summed E-state index contributed by atoms with van der Waals surface area (Å²) in [5.74, 6) is 0.448. The highest BCUT2D eigenvalue weighted by Gasteiger charge is 2.31. The summed E-state index contributed by atoms with van der Waals surface area (Å²) in [6.07, 6.45) is 5.72. The van der Waals surface area contributed by atoms with Gasteiger partial charge >= 0.3 is 5.97 Å². The summed E-state index contributed by atoms with van der Waals surface area (Å²) in [6, 6.07) is -0.639. The van der Waals surface area contributed by atoms with Gasteiger partial charge in [0.25, 0.3) is 0 Å². The predicted octanol–water partition coefficient (Wildman–Crippen LogP) is -1.19. The number of rotatable bonds is 4. The standard InChI is InChI=1S/C10H12N2O4/c1-2-5-12(6-9(14)15)10(16)7-3-4-8(13)11-7/h1,7H,3-6H2,(H,11,13)(H,14,15)/t7-/m0/s1. The second-order valence-corrected chi connectivity index (χ2v) is 3.45. The van der Waals surface area contributed by atoms with E-state index in [4.69, 9.17) is 11.5 Å². The minimum atomic E-state index is -1.13. The molecular formula is C10H12N2O4. The van der Waals surface area contributed by atoms with Crippen molar-refractivity contribution in [1.29, 1.82) is 0 Å². The first-order valence-electron chi connectivity index (χ1n) is 4.78. The number of terminal acetylenes is 1. The number of carbonyl (C=O) groups is 3. The van der Waals surface area contributed by atoms with Crippen LogP contribution in [0.25, 0.3) is 0 Å². The van der Waals surface area contributed by atoms with Crippen molar-refractivity contribution in [2.24, 2.45) is 0 Å². The summed E-state index contributed by atoms with van der Waals surface area (Å²) in [6.45, 7) is -0.521. The molecule has 0 aromatic heterocycles. The van der Waals surface area contributed by atoms with Crippen molar-refractivity contribution >= 4 is 17.8 Å². The van der Waals surface area contributed by atoms with E-state index in [1.807, 2.05) is 0 Å². The molecule has 0 aromatic rings. The minimum absolute atomic E-state index is 0.0719. The molecular weight excluding hydrogens is 212 g/mol. The second kappa shape index (κ2) is 5.16. The molecule has 0 radical (unpaired) electrons. The lowest BCUT2D eigenvalue weighted by molar-refractivity contribution is -0.144. The summed E-state index contributed by atoms with van der Waals surface area (Å²) in [4.78, 5) is 34.2. The molecule has 0 aromatic carbocycles. The fourth-order valence-electron chi connectivity index (χ4n) is 1.50. The van der Waals surface area contributed by atoms with Crippen molar-refractivity contribution in [2.75, 3.05) is 13.1 Å². The zero-order valence-electron chi connectivity index (χ0n) is 8.60. The van der Waals surface area contributed by atoms with E-state index < -0.39 is 24.5 Å². The highest BCUT2D eigenvalue weighted by Crippen LogP contribution is 2.09. The fourth-order valence-corrected chi connectivity index (χ4v) is 1.50. The average molecular weight is 224 g/mol. The van der Waals surface area contributed by atoms with Crippen molar-refractivity contribution in [3.63, 3.8) is 0 Å². The molecule has 1 aliphatic heterocycles. The molecule has 0 aliphatic carbocycles. The zero-order valence-corrected chi connectivity index (χ0v) is 8.60. The van der Waals surface area contributed by atoms with Crippen LogP contribution >= 0.6 is 0 Å². The molecule has 1 rings (SSSR count). The van der Waals surface area contributed by atoms with Crippen LogP contribution in [-0.4, -0.2) is 46.9 Å². The average Bonchev–Trinajstić information content (AvgIpc) is 2.62. The molecule has 6 heteroatoms. The van der Waals surface area contributed by atoms with E-state index in [0.29, 0.717) is 6.42 Å². The van der Waals surface area contributed by atoms with E-state index in [9.17, 15) is 14.4 Å². The Morgan fingerprint density at radius 2 is 2.31 bits per heavy atom. The Morgan fingerprint density at radius 1 is 1.62 bits per heavy atom. The van der Waals surface area contributed by atoms with Crippen LogP contribution in [0.5, 0.6) is 0 Å². The van der Waals surface area contributed by atoms with Crippen LogP contribution in [0.3, 0.4) is 0 Å². The number of hydrogen-bond donors (Lipinski definition) is 2. The first kappa shape index (κ1) is 12.0. The molecule has 1 fully saturated rings. The smallest absolute Gasteiger partial charge is 0.323 e. The monoisotopic (exact) mass is 224 g/mol. The Labute approximate surface area is 92.6 Å². The van der Waals surface area contributed by atoms with Crippen molar-refractivity contribution in [1.82, 2.24) is 10.2 Å². The Balaban J connectivity index is 2.63. The molecule has 16 heavy (non-hydrogen) atoms. The second-order valence-electron chi connectivity index (χ2n) is 3.45. The molecule has 1 atom stereocenters. The summed E-state index contributed by atoms with van der Waals surface area (Å²) in [5.41, 5.74) is 0. The highest BCUT2D eigenvalue weighted by atomic mass is 16.4. The quantitative estimate of drug-likeness (QED) is 0.588. The van der Waals surface area contributed by atoms with Gasteiger partial charge in [0.2, 0.25) is 11.8 Å². The summed E-state index contributed by atoms with van der Waals surface area (Å²) in [7, 11) is 0. The van der Waals surface area contributed by atoms with Crippen LogP contribution in [0.2, 0.25) is 0 Å². The Hall–Kier alpha value is -2.03. The number of aliphatic carboxylic acids is 1. The van der Waals surface area contributed by atoms with E-state index in [0.717, 1.165) is 4.90 Å². The minimum Gasteiger partial charge on any atom is -0.480 e. The van der Waals surface area contributed by atoms with Gasteiger partial charge in [0.15, 0.2) is 0 Å². The third kappa shape index (κ3) is 2.98. The third-order valence-electron chi connectivity index (χ3n) is 2.21. The number of nitrogens with one attached hydrogen (secondary N) is 1. The summed E-state index contributed by atoms with van der Waals surface area (Å²) in [5, 5.41) is 11.1. The maximum absolute atomic E-state index is 11.8. The first-order valence-corrected chi connectivity index (χ1v) is 4.78. The number of carbonyl (C=O) groups excluding carboxylic acids is 2. The molecule has 1 aliphatic rings. The van der Waals surface area contributed by atoms with E-state index in [-0.39, 0.29) is 18.9 Å². The van der Waals surface area contributed by atoms with Gasteiger partial charge in [-0.1, -0.05) is 5.92 Å². The van der Waals surface area contributed by atoms with Crippen LogP contribution in [0.1, 0.15) is 12.8 Å². The van der Waals surface area contributed by atoms with Gasteiger partial charge in [-0.3, -0.25) is 14.4 Å². The lowest BCUT2D eigenvalue weighted by Crippen LogP contribution is -2.46. The number of carboxylic acid groups (broad SMARTS) is 1. The van der Waals surface area contributed by atoms with E-state index in [1.54, 1.807) is 0 Å². The van der Waals surface area contributed by atoms with Crippen molar-refractivity contribution in [2.45, 2.75) is 18.9 Å². The van der Waals surface area contributed by atoms with E-state index in [1.165, 1.54) is 0 Å². The summed E-state index contributed by atoms with van der Waals surface area (Å²) >= 11 is 0. The highest BCUT2D eigenvalue weighted by molar-refractivity contribution is 5.92. The lowest BCUT2D eigenvalue weighted by Gasteiger charge is -2.21. The number of nitrogens with zero attached hydrogens (tertiary/aromatic N) is 1. The van der Waals surface area contributed by atoms with Gasteiger partial charge in [-0.05, 0) is 6.42 Å². The molecule has 1 heterocycles. The van der Waals surface area contributed by atoms with E-state index in [2.05, 4.69) is 11.2 Å². The van der Waals surface area contributed by atoms with Crippen molar-refractivity contribution in [3.8, 4) is 12.3 Å². The Bertz CT molecular complexity index is 358. The molecule has 2 N–H and O–H groups in total. The lowest BCUT2D eigenvalue weighted by atomic mass is 10.2. The predicted molar refractivity (Wildman–Crippen MR) is 54.2 cm³/mol. The van der Waals surface area contributed by atoms with Gasteiger partial charge in [0.1, 0.15) is 12.6 Å². The molecule has 0 bridgehead atoms. The largest absolute Gasteiger partial charge is 0.480 e. The maximum atomic E-state index is 11.8. The Kier molecular flexibility index (Phi) is 3.89. The van der Waals surface area contributed by atoms with Gasteiger partial charge in [-0.2, -0.15) is 0 Å². The fraction of sp³-hybridized carbons (Fsp3) is 0.500.